The van der Waals surface area contributed by atoms with E-state index in [1.54, 1.807) is 7.05 Å². The van der Waals surface area contributed by atoms with Crippen molar-refractivity contribution in [2.24, 2.45) is 0 Å². The first-order chi connectivity index (χ1) is 4.18. The number of rotatable bonds is 0. The van der Waals surface area contributed by atoms with Gasteiger partial charge in [-0.2, -0.15) is 5.26 Å². The lowest BCUT2D eigenvalue weighted by Crippen LogP contribution is -2.11. The van der Waals surface area contributed by atoms with Crippen molar-refractivity contribution in [3.8, 4) is 6.07 Å². The van der Waals surface area contributed by atoms with Gasteiger partial charge in [-0.3, -0.25) is 4.79 Å². The van der Waals surface area contributed by atoms with Crippen molar-refractivity contribution < 1.29 is 4.79 Å². The topological polar surface area (TPSA) is 52.9 Å². The van der Waals surface area contributed by atoms with Crippen LogP contribution in [0.25, 0.3) is 0 Å². The Bertz CT molecular complexity index is 104. The average molecular weight is 128 g/mol. The largest absolute Gasteiger partial charge is 0.359 e. The maximum absolute atomic E-state index is 9.70. The molecule has 0 aromatic rings. The Hall–Kier alpha value is -1.04. The van der Waals surface area contributed by atoms with Crippen LogP contribution in [0.3, 0.4) is 0 Å². The number of amides is 1. The molecule has 0 aliphatic carbocycles. The number of carbonyl (C=O) groups is 1. The second kappa shape index (κ2) is 10.0. The number of nitrogens with zero attached hydrogens (tertiary/aromatic N) is 1. The number of hydrogen-bond donors (Lipinski definition) is 1. The molecule has 0 rings (SSSR count). The van der Waals surface area contributed by atoms with Gasteiger partial charge in [-0.05, 0) is 0 Å². The van der Waals surface area contributed by atoms with Crippen LogP contribution < -0.4 is 5.32 Å². The average Bonchev–Trinajstić information content (AvgIpc) is 1.89. The second-order valence-electron chi connectivity index (χ2n) is 1.32. The van der Waals surface area contributed by atoms with E-state index in [4.69, 9.17) is 5.26 Å². The van der Waals surface area contributed by atoms with E-state index < -0.39 is 0 Å². The van der Waals surface area contributed by atoms with Gasteiger partial charge in [0.05, 0.1) is 6.07 Å². The summed E-state index contributed by atoms with van der Waals surface area (Å²) in [5, 5.41) is 10.0. The summed E-state index contributed by atoms with van der Waals surface area (Å²) in [4.78, 5) is 9.70. The van der Waals surface area contributed by atoms with Gasteiger partial charge in [0.2, 0.25) is 5.91 Å². The van der Waals surface area contributed by atoms with Crippen LogP contribution in [0.5, 0.6) is 0 Å². The lowest BCUT2D eigenvalue weighted by Gasteiger charge is -1.80. The Balaban J connectivity index is 0. The molecule has 0 aliphatic rings. The third-order valence-corrected chi connectivity index (χ3v) is 0.510. The predicted molar refractivity (Wildman–Crippen MR) is 35.6 cm³/mol. The van der Waals surface area contributed by atoms with Crippen molar-refractivity contribution in [3.63, 3.8) is 0 Å². The van der Waals surface area contributed by atoms with Crippen LogP contribution in [0.1, 0.15) is 20.3 Å². The van der Waals surface area contributed by atoms with Gasteiger partial charge < -0.3 is 5.32 Å². The van der Waals surface area contributed by atoms with E-state index in [-0.39, 0.29) is 5.91 Å². The molecular formula is C6H12N2O. The highest BCUT2D eigenvalue weighted by molar-refractivity contribution is 5.72. The monoisotopic (exact) mass is 128 g/mol. The van der Waals surface area contributed by atoms with Gasteiger partial charge in [0.15, 0.2) is 0 Å². The quantitative estimate of drug-likeness (QED) is 0.521. The molecule has 52 valence electrons. The number of nitrogens with one attached hydrogen (secondary N) is 1. The Morgan fingerprint density at radius 1 is 1.78 bits per heavy atom. The maximum atomic E-state index is 9.70. The third-order valence-electron chi connectivity index (χ3n) is 0.510. The molecule has 0 aromatic carbocycles. The van der Waals surface area contributed by atoms with Crippen molar-refractivity contribution in [1.29, 1.82) is 5.26 Å². The lowest BCUT2D eigenvalue weighted by molar-refractivity contribution is -0.118. The van der Waals surface area contributed by atoms with E-state index in [0.29, 0.717) is 6.42 Å². The van der Waals surface area contributed by atoms with Gasteiger partial charge in [0, 0.05) is 20.4 Å². The van der Waals surface area contributed by atoms with Gasteiger partial charge in [-0.1, -0.05) is 6.92 Å². The molecule has 0 aromatic heterocycles. The van der Waals surface area contributed by atoms with Crippen LogP contribution in [0.15, 0.2) is 0 Å². The van der Waals surface area contributed by atoms with Crippen LogP contribution in [-0.4, -0.2) is 13.0 Å². The Kier molecular flexibility index (Phi) is 12.1. The van der Waals surface area contributed by atoms with E-state index >= 15 is 0 Å². The van der Waals surface area contributed by atoms with Crippen molar-refractivity contribution in [1.82, 2.24) is 5.32 Å². The van der Waals surface area contributed by atoms with E-state index in [9.17, 15) is 4.79 Å². The Morgan fingerprint density at radius 2 is 2.00 bits per heavy atom. The molecule has 1 amide bonds. The molecule has 0 radical (unpaired) electrons. The molecule has 9 heavy (non-hydrogen) atoms. The molecule has 0 saturated heterocycles. The first-order valence-corrected chi connectivity index (χ1v) is 2.74. The summed E-state index contributed by atoms with van der Waals surface area (Å²) in [6, 6.07) is 1.93. The number of hydrogen-bond acceptors (Lipinski definition) is 2. The molecule has 0 unspecified atom stereocenters. The van der Waals surface area contributed by atoms with Crippen LogP contribution in [0.2, 0.25) is 0 Å². The highest BCUT2D eigenvalue weighted by Crippen LogP contribution is 1.58. The van der Waals surface area contributed by atoms with Gasteiger partial charge in [-0.15, -0.1) is 0 Å². The van der Waals surface area contributed by atoms with Crippen LogP contribution >= 0.6 is 0 Å². The molecule has 0 fully saturated rings. The second-order valence-corrected chi connectivity index (χ2v) is 1.32. The van der Waals surface area contributed by atoms with E-state index in [1.807, 2.05) is 13.0 Å². The highest BCUT2D eigenvalue weighted by Gasteiger charge is 1.72. The SMILES string of the molecule is CCC#N.CNC(C)=O. The third kappa shape index (κ3) is 44.6. The maximum Gasteiger partial charge on any atom is 0.216 e. The van der Waals surface area contributed by atoms with Crippen molar-refractivity contribution in [2.75, 3.05) is 7.05 Å². The number of nitriles is 1. The zero-order valence-corrected chi connectivity index (χ0v) is 6.06. The molecule has 3 heteroatoms. The number of carbonyl (C=O) groups excluding carboxylic acids is 1. The predicted octanol–water partition coefficient (Wildman–Crippen LogP) is 0.672. The summed E-state index contributed by atoms with van der Waals surface area (Å²) < 4.78 is 0. The molecular weight excluding hydrogens is 116 g/mol. The fourth-order valence-electron chi connectivity index (χ4n) is 0. The summed E-state index contributed by atoms with van der Waals surface area (Å²) in [7, 11) is 1.60. The fraction of sp³-hybridized carbons (Fsp3) is 0.667. The van der Waals surface area contributed by atoms with Crippen molar-refractivity contribution >= 4 is 5.91 Å². The van der Waals surface area contributed by atoms with E-state index in [1.165, 1.54) is 6.92 Å². The Labute approximate surface area is 55.7 Å². The normalized spacial score (nSPS) is 6.00. The molecule has 0 heterocycles. The Morgan fingerprint density at radius 3 is 2.00 bits per heavy atom. The van der Waals surface area contributed by atoms with Gasteiger partial charge in [0.25, 0.3) is 0 Å². The first kappa shape index (κ1) is 10.9. The summed E-state index contributed by atoms with van der Waals surface area (Å²) in [6.45, 7) is 3.29. The molecule has 0 bridgehead atoms. The van der Waals surface area contributed by atoms with E-state index in [0.717, 1.165) is 0 Å². The molecule has 0 atom stereocenters. The van der Waals surface area contributed by atoms with Gasteiger partial charge in [-0.25, -0.2) is 0 Å². The summed E-state index contributed by atoms with van der Waals surface area (Å²) in [6.07, 6.45) is 0.625. The molecule has 1 N–H and O–H groups in total. The molecule has 0 aliphatic heterocycles. The van der Waals surface area contributed by atoms with Gasteiger partial charge >= 0.3 is 0 Å². The zero-order chi connectivity index (χ0) is 7.70. The van der Waals surface area contributed by atoms with Crippen molar-refractivity contribution in [3.05, 3.63) is 0 Å². The smallest absolute Gasteiger partial charge is 0.216 e. The van der Waals surface area contributed by atoms with Crippen LogP contribution in [0, 0.1) is 11.3 Å². The van der Waals surface area contributed by atoms with Crippen LogP contribution in [0.4, 0.5) is 0 Å². The first-order valence-electron chi connectivity index (χ1n) is 2.74. The standard InChI is InChI=1S/C3H7NO.C3H5N/c1-3(5)4-2;1-2-3-4/h1-2H3,(H,4,5);2H2,1H3. The molecule has 0 saturated carbocycles. The molecule has 0 spiro atoms. The highest BCUT2D eigenvalue weighted by atomic mass is 16.1. The minimum atomic E-state index is 0.00463. The zero-order valence-electron chi connectivity index (χ0n) is 6.06. The summed E-state index contributed by atoms with van der Waals surface area (Å²) in [5.41, 5.74) is 0. The molecule has 3 nitrogen and oxygen atoms in total. The summed E-state index contributed by atoms with van der Waals surface area (Å²) >= 11 is 0. The minimum absolute atomic E-state index is 0.00463. The van der Waals surface area contributed by atoms with E-state index in [2.05, 4.69) is 5.32 Å². The van der Waals surface area contributed by atoms with Crippen molar-refractivity contribution in [2.45, 2.75) is 20.3 Å². The summed E-state index contributed by atoms with van der Waals surface area (Å²) in [5.74, 6) is 0.00463. The lowest BCUT2D eigenvalue weighted by atomic mass is 10.6. The van der Waals surface area contributed by atoms with Crippen LogP contribution in [-0.2, 0) is 4.79 Å². The van der Waals surface area contributed by atoms with Gasteiger partial charge in [0.1, 0.15) is 0 Å². The fourth-order valence-corrected chi connectivity index (χ4v) is 0. The minimum Gasteiger partial charge on any atom is -0.359 e.